The first-order chi connectivity index (χ1) is 4.68. The Labute approximate surface area is 60.4 Å². The van der Waals surface area contributed by atoms with Crippen LogP contribution in [-0.4, -0.2) is 23.7 Å². The Balaban J connectivity index is 3.46. The zero-order valence-corrected chi connectivity index (χ0v) is 6.14. The molecule has 0 spiro atoms. The molecule has 0 heterocycles. The van der Waals surface area contributed by atoms with Crippen LogP contribution in [0.4, 0.5) is 0 Å². The third kappa shape index (κ3) is 3.93. The second-order valence-electron chi connectivity index (χ2n) is 1.87. The van der Waals surface area contributed by atoms with Crippen LogP contribution < -0.4 is 5.32 Å². The third-order valence-electron chi connectivity index (χ3n) is 1.04. The fraction of sp³-hybridized carbons (Fsp3) is 0.571. The highest BCUT2D eigenvalue weighted by atomic mass is 16.4. The number of carbonyl (C=O) groups is 1. The van der Waals surface area contributed by atoms with Crippen molar-refractivity contribution < 1.29 is 9.90 Å². The molecule has 0 aliphatic carbocycles. The fourth-order valence-corrected chi connectivity index (χ4v) is 0.380. The van der Waals surface area contributed by atoms with Crippen molar-refractivity contribution in [3.05, 3.63) is 0 Å². The molecule has 0 saturated carbocycles. The van der Waals surface area contributed by atoms with E-state index in [9.17, 15) is 4.79 Å². The van der Waals surface area contributed by atoms with Gasteiger partial charge in [0.2, 0.25) is 0 Å². The molecule has 3 heteroatoms. The van der Waals surface area contributed by atoms with Crippen molar-refractivity contribution in [2.75, 3.05) is 6.54 Å². The van der Waals surface area contributed by atoms with E-state index < -0.39 is 12.0 Å². The molecule has 2 N–H and O–H groups in total. The predicted molar refractivity (Wildman–Crippen MR) is 38.6 cm³/mol. The van der Waals surface area contributed by atoms with Gasteiger partial charge in [0.1, 0.15) is 6.04 Å². The first-order valence-electron chi connectivity index (χ1n) is 3.04. The van der Waals surface area contributed by atoms with Crippen LogP contribution in [0.15, 0.2) is 0 Å². The molecule has 0 saturated heterocycles. The van der Waals surface area contributed by atoms with Gasteiger partial charge in [-0.25, -0.2) is 0 Å². The van der Waals surface area contributed by atoms with Crippen LogP contribution in [0, 0.1) is 11.8 Å². The molecule has 0 fully saturated rings. The molecule has 3 nitrogen and oxygen atoms in total. The maximum Gasteiger partial charge on any atom is 0.320 e. The normalized spacial score (nSPS) is 11.4. The van der Waals surface area contributed by atoms with E-state index in [2.05, 4.69) is 17.2 Å². The standard InChI is InChI=1S/C7H11NO2/c1-3-4-5-8-6(2)7(9)10/h6,8H,5H2,1-2H3,(H,9,10)/t6-/m0/s1. The van der Waals surface area contributed by atoms with Crippen molar-refractivity contribution in [1.29, 1.82) is 0 Å². The minimum Gasteiger partial charge on any atom is -0.480 e. The lowest BCUT2D eigenvalue weighted by atomic mass is 10.3. The molecule has 0 aromatic heterocycles. The maximum absolute atomic E-state index is 10.2. The molecule has 0 bridgehead atoms. The second kappa shape index (κ2) is 4.83. The summed E-state index contributed by atoms with van der Waals surface area (Å²) < 4.78 is 0. The molecule has 0 radical (unpaired) electrons. The average molecular weight is 141 g/mol. The highest BCUT2D eigenvalue weighted by molar-refractivity contribution is 5.72. The van der Waals surface area contributed by atoms with Crippen LogP contribution in [0.3, 0.4) is 0 Å². The monoisotopic (exact) mass is 141 g/mol. The van der Waals surface area contributed by atoms with Crippen molar-refractivity contribution >= 4 is 5.97 Å². The topological polar surface area (TPSA) is 49.3 Å². The number of aliphatic carboxylic acids is 1. The van der Waals surface area contributed by atoms with Gasteiger partial charge in [0.15, 0.2) is 0 Å². The molecule has 0 rings (SSSR count). The van der Waals surface area contributed by atoms with Gasteiger partial charge in [0, 0.05) is 0 Å². The van der Waals surface area contributed by atoms with Crippen LogP contribution in [0.1, 0.15) is 13.8 Å². The first-order valence-corrected chi connectivity index (χ1v) is 3.04. The summed E-state index contributed by atoms with van der Waals surface area (Å²) in [7, 11) is 0. The van der Waals surface area contributed by atoms with E-state index >= 15 is 0 Å². The van der Waals surface area contributed by atoms with Crippen molar-refractivity contribution in [3.8, 4) is 11.8 Å². The van der Waals surface area contributed by atoms with Crippen LogP contribution in [0.2, 0.25) is 0 Å². The lowest BCUT2D eigenvalue weighted by Gasteiger charge is -2.03. The van der Waals surface area contributed by atoms with Crippen LogP contribution in [0.25, 0.3) is 0 Å². The lowest BCUT2D eigenvalue weighted by Crippen LogP contribution is -2.33. The van der Waals surface area contributed by atoms with Crippen LogP contribution >= 0.6 is 0 Å². The SMILES string of the molecule is CC#CCN[C@@H](C)C(=O)O. The van der Waals surface area contributed by atoms with E-state index in [1.54, 1.807) is 13.8 Å². The summed E-state index contributed by atoms with van der Waals surface area (Å²) in [6.45, 7) is 3.73. The fourth-order valence-electron chi connectivity index (χ4n) is 0.380. The Kier molecular flexibility index (Phi) is 4.34. The Hall–Kier alpha value is -1.01. The molecular weight excluding hydrogens is 130 g/mol. The van der Waals surface area contributed by atoms with Crippen molar-refractivity contribution in [2.45, 2.75) is 19.9 Å². The highest BCUT2D eigenvalue weighted by Gasteiger charge is 2.06. The van der Waals surface area contributed by atoms with E-state index in [0.717, 1.165) is 0 Å². The van der Waals surface area contributed by atoms with Gasteiger partial charge in [-0.15, -0.1) is 5.92 Å². The number of nitrogens with one attached hydrogen (secondary N) is 1. The average Bonchev–Trinajstić information content (AvgIpc) is 1.88. The molecule has 10 heavy (non-hydrogen) atoms. The molecule has 0 aliphatic rings. The zero-order chi connectivity index (χ0) is 7.98. The van der Waals surface area contributed by atoms with Gasteiger partial charge in [-0.2, -0.15) is 0 Å². The van der Waals surface area contributed by atoms with Gasteiger partial charge in [0.25, 0.3) is 0 Å². The molecular formula is C7H11NO2. The van der Waals surface area contributed by atoms with Crippen LogP contribution in [0.5, 0.6) is 0 Å². The van der Waals surface area contributed by atoms with Gasteiger partial charge in [-0.1, -0.05) is 5.92 Å². The largest absolute Gasteiger partial charge is 0.480 e. The summed E-state index contributed by atoms with van der Waals surface area (Å²) in [5.41, 5.74) is 0. The molecule has 0 aromatic rings. The Morgan fingerprint density at radius 1 is 1.80 bits per heavy atom. The minimum atomic E-state index is -0.849. The maximum atomic E-state index is 10.2. The van der Waals surface area contributed by atoms with Gasteiger partial charge in [-0.05, 0) is 13.8 Å². The Morgan fingerprint density at radius 3 is 2.80 bits per heavy atom. The summed E-state index contributed by atoms with van der Waals surface area (Å²) in [6, 6.07) is -0.513. The van der Waals surface area contributed by atoms with Gasteiger partial charge in [0.05, 0.1) is 6.54 Å². The lowest BCUT2D eigenvalue weighted by molar-refractivity contribution is -0.138. The van der Waals surface area contributed by atoms with E-state index in [1.807, 2.05) is 0 Å². The number of carboxylic acids is 1. The molecule has 0 amide bonds. The number of hydrogen-bond acceptors (Lipinski definition) is 2. The van der Waals surface area contributed by atoms with Gasteiger partial charge >= 0.3 is 5.97 Å². The van der Waals surface area contributed by atoms with E-state index in [-0.39, 0.29) is 0 Å². The molecule has 1 atom stereocenters. The van der Waals surface area contributed by atoms with E-state index in [4.69, 9.17) is 5.11 Å². The zero-order valence-electron chi connectivity index (χ0n) is 6.14. The quantitative estimate of drug-likeness (QED) is 0.547. The molecule has 0 aromatic carbocycles. The second-order valence-corrected chi connectivity index (χ2v) is 1.87. The number of hydrogen-bond donors (Lipinski definition) is 2. The van der Waals surface area contributed by atoms with Gasteiger partial charge in [-0.3, -0.25) is 10.1 Å². The Bertz CT molecular complexity index is 166. The number of rotatable bonds is 3. The smallest absolute Gasteiger partial charge is 0.320 e. The summed E-state index contributed by atoms with van der Waals surface area (Å²) in [5.74, 6) is 4.52. The first kappa shape index (κ1) is 8.99. The summed E-state index contributed by atoms with van der Waals surface area (Å²) >= 11 is 0. The minimum absolute atomic E-state index is 0.434. The Morgan fingerprint density at radius 2 is 2.40 bits per heavy atom. The predicted octanol–water partition coefficient (Wildman–Crippen LogP) is 0.0724. The molecule has 56 valence electrons. The summed E-state index contributed by atoms with van der Waals surface area (Å²) in [6.07, 6.45) is 0. The summed E-state index contributed by atoms with van der Waals surface area (Å²) in [5, 5.41) is 11.1. The summed E-state index contributed by atoms with van der Waals surface area (Å²) in [4.78, 5) is 10.2. The van der Waals surface area contributed by atoms with Crippen molar-refractivity contribution in [3.63, 3.8) is 0 Å². The number of carboxylic acid groups (broad SMARTS) is 1. The third-order valence-corrected chi connectivity index (χ3v) is 1.04. The molecule has 0 aliphatic heterocycles. The van der Waals surface area contributed by atoms with Gasteiger partial charge < -0.3 is 5.11 Å². The highest BCUT2D eigenvalue weighted by Crippen LogP contribution is 1.77. The van der Waals surface area contributed by atoms with E-state index in [0.29, 0.717) is 6.54 Å². The van der Waals surface area contributed by atoms with E-state index in [1.165, 1.54) is 0 Å². The van der Waals surface area contributed by atoms with Crippen molar-refractivity contribution in [1.82, 2.24) is 5.32 Å². The van der Waals surface area contributed by atoms with Crippen molar-refractivity contribution in [2.24, 2.45) is 0 Å². The molecule has 0 unspecified atom stereocenters. The van der Waals surface area contributed by atoms with Crippen LogP contribution in [-0.2, 0) is 4.79 Å².